The van der Waals surface area contributed by atoms with Gasteiger partial charge in [0.05, 0.1) is 19.3 Å². The largest absolute Gasteiger partial charge is 0.465 e. The quantitative estimate of drug-likeness (QED) is 0.734. The number of hydrogen-bond donors (Lipinski definition) is 0. The number of ether oxygens (including phenoxy) is 2. The molecule has 0 aliphatic rings. The van der Waals surface area contributed by atoms with Crippen LogP contribution in [0.15, 0.2) is 24.3 Å². The van der Waals surface area contributed by atoms with Gasteiger partial charge < -0.3 is 9.47 Å². The molecule has 16 heavy (non-hydrogen) atoms. The van der Waals surface area contributed by atoms with Crippen LogP contribution < -0.4 is 0 Å². The standard InChI is InChI=1S/C13H18O3/c1-13(2,9-15-3)11-7-5-10(6-8-11)12(14)16-4/h5-8H,9H2,1-4H3. The van der Waals surface area contributed by atoms with Gasteiger partial charge in [-0.3, -0.25) is 0 Å². The number of carbonyl (C=O) groups excluding carboxylic acids is 1. The molecule has 1 aromatic rings. The fourth-order valence-electron chi connectivity index (χ4n) is 1.62. The molecule has 3 nitrogen and oxygen atoms in total. The van der Waals surface area contributed by atoms with Crippen molar-refractivity contribution in [1.29, 1.82) is 0 Å². The SMILES string of the molecule is COCC(C)(C)c1ccc(C(=O)OC)cc1. The molecule has 0 saturated heterocycles. The average Bonchev–Trinajstić information content (AvgIpc) is 2.28. The summed E-state index contributed by atoms with van der Waals surface area (Å²) in [7, 11) is 3.07. The second kappa shape index (κ2) is 5.12. The minimum atomic E-state index is -0.309. The summed E-state index contributed by atoms with van der Waals surface area (Å²) < 4.78 is 9.81. The molecule has 0 fully saturated rings. The topological polar surface area (TPSA) is 35.5 Å². The highest BCUT2D eigenvalue weighted by molar-refractivity contribution is 5.89. The first-order chi connectivity index (χ1) is 7.51. The van der Waals surface area contributed by atoms with Crippen LogP contribution >= 0.6 is 0 Å². The Kier molecular flexibility index (Phi) is 4.07. The summed E-state index contributed by atoms with van der Waals surface area (Å²) in [5.74, 6) is -0.309. The zero-order chi connectivity index (χ0) is 12.2. The van der Waals surface area contributed by atoms with Gasteiger partial charge in [0.2, 0.25) is 0 Å². The predicted octanol–water partition coefficient (Wildman–Crippen LogP) is 2.40. The predicted molar refractivity (Wildman–Crippen MR) is 62.7 cm³/mol. The van der Waals surface area contributed by atoms with E-state index in [4.69, 9.17) is 4.74 Å². The summed E-state index contributed by atoms with van der Waals surface area (Å²) >= 11 is 0. The van der Waals surface area contributed by atoms with E-state index in [9.17, 15) is 4.79 Å². The Hall–Kier alpha value is -1.35. The monoisotopic (exact) mass is 222 g/mol. The average molecular weight is 222 g/mol. The molecule has 0 aromatic heterocycles. The molecule has 0 aliphatic heterocycles. The Morgan fingerprint density at radius 2 is 1.75 bits per heavy atom. The minimum Gasteiger partial charge on any atom is -0.465 e. The third-order valence-corrected chi connectivity index (χ3v) is 2.59. The first-order valence-corrected chi connectivity index (χ1v) is 5.19. The smallest absolute Gasteiger partial charge is 0.337 e. The molecule has 0 bridgehead atoms. The van der Waals surface area contributed by atoms with Crippen molar-refractivity contribution < 1.29 is 14.3 Å². The highest BCUT2D eigenvalue weighted by Crippen LogP contribution is 2.23. The Labute approximate surface area is 96.4 Å². The third kappa shape index (κ3) is 2.83. The van der Waals surface area contributed by atoms with Crippen LogP contribution in [0.2, 0.25) is 0 Å². The Bertz CT molecular complexity index is 352. The maximum atomic E-state index is 11.3. The van der Waals surface area contributed by atoms with E-state index < -0.39 is 0 Å². The number of carbonyl (C=O) groups is 1. The van der Waals surface area contributed by atoms with Crippen molar-refractivity contribution in [1.82, 2.24) is 0 Å². The van der Waals surface area contributed by atoms with Gasteiger partial charge >= 0.3 is 5.97 Å². The molecular weight excluding hydrogens is 204 g/mol. The van der Waals surface area contributed by atoms with Gasteiger partial charge in [-0.05, 0) is 17.7 Å². The molecule has 0 amide bonds. The van der Waals surface area contributed by atoms with Crippen LogP contribution in [0.4, 0.5) is 0 Å². The zero-order valence-corrected chi connectivity index (χ0v) is 10.2. The normalized spacial score (nSPS) is 11.2. The molecule has 0 spiro atoms. The van der Waals surface area contributed by atoms with Gasteiger partial charge in [-0.25, -0.2) is 4.79 Å². The van der Waals surface area contributed by atoms with E-state index in [0.29, 0.717) is 12.2 Å². The van der Waals surface area contributed by atoms with Crippen molar-refractivity contribution in [3.63, 3.8) is 0 Å². The van der Waals surface area contributed by atoms with Gasteiger partial charge in [0.25, 0.3) is 0 Å². The van der Waals surface area contributed by atoms with Crippen LogP contribution in [0, 0.1) is 0 Å². The molecule has 0 atom stereocenters. The number of esters is 1. The van der Waals surface area contributed by atoms with Crippen LogP contribution in [-0.4, -0.2) is 26.8 Å². The van der Waals surface area contributed by atoms with E-state index in [1.165, 1.54) is 7.11 Å². The summed E-state index contributed by atoms with van der Waals surface area (Å²) in [4.78, 5) is 11.3. The molecule has 3 heteroatoms. The van der Waals surface area contributed by atoms with Gasteiger partial charge in [0, 0.05) is 12.5 Å². The second-order valence-corrected chi connectivity index (χ2v) is 4.39. The lowest BCUT2D eigenvalue weighted by Crippen LogP contribution is -2.23. The van der Waals surface area contributed by atoms with Crippen molar-refractivity contribution in [2.45, 2.75) is 19.3 Å². The molecule has 0 N–H and O–H groups in total. The van der Waals surface area contributed by atoms with Crippen LogP contribution in [0.3, 0.4) is 0 Å². The van der Waals surface area contributed by atoms with E-state index in [2.05, 4.69) is 18.6 Å². The first-order valence-electron chi connectivity index (χ1n) is 5.19. The summed E-state index contributed by atoms with van der Waals surface area (Å²) in [6.45, 7) is 4.85. The third-order valence-electron chi connectivity index (χ3n) is 2.59. The molecule has 0 heterocycles. The van der Waals surface area contributed by atoms with Crippen LogP contribution in [0.5, 0.6) is 0 Å². The molecule has 1 aromatic carbocycles. The first kappa shape index (κ1) is 12.7. The Morgan fingerprint density at radius 1 is 1.19 bits per heavy atom. The lowest BCUT2D eigenvalue weighted by molar-refractivity contribution is 0.0600. The van der Waals surface area contributed by atoms with Crippen LogP contribution in [0.25, 0.3) is 0 Å². The Balaban J connectivity index is 2.90. The summed E-state index contributed by atoms with van der Waals surface area (Å²) in [5.41, 5.74) is 1.66. The zero-order valence-electron chi connectivity index (χ0n) is 10.2. The maximum Gasteiger partial charge on any atom is 0.337 e. The molecular formula is C13H18O3. The van der Waals surface area contributed by atoms with E-state index in [-0.39, 0.29) is 11.4 Å². The van der Waals surface area contributed by atoms with Gasteiger partial charge in [0.15, 0.2) is 0 Å². The summed E-state index contributed by atoms with van der Waals surface area (Å²) in [6, 6.07) is 7.42. The van der Waals surface area contributed by atoms with Gasteiger partial charge in [-0.1, -0.05) is 26.0 Å². The van der Waals surface area contributed by atoms with Gasteiger partial charge in [-0.15, -0.1) is 0 Å². The van der Waals surface area contributed by atoms with Gasteiger partial charge in [-0.2, -0.15) is 0 Å². The van der Waals surface area contributed by atoms with Crippen molar-refractivity contribution in [3.8, 4) is 0 Å². The fraction of sp³-hybridized carbons (Fsp3) is 0.462. The fourth-order valence-corrected chi connectivity index (χ4v) is 1.62. The number of rotatable bonds is 4. The minimum absolute atomic E-state index is 0.0522. The van der Waals surface area contributed by atoms with Crippen molar-refractivity contribution in [3.05, 3.63) is 35.4 Å². The molecule has 0 saturated carbocycles. The van der Waals surface area contributed by atoms with Crippen LogP contribution in [0.1, 0.15) is 29.8 Å². The number of benzene rings is 1. The molecule has 0 aliphatic carbocycles. The van der Waals surface area contributed by atoms with Crippen LogP contribution in [-0.2, 0) is 14.9 Å². The number of hydrogen-bond acceptors (Lipinski definition) is 3. The lowest BCUT2D eigenvalue weighted by atomic mass is 9.85. The summed E-state index contributed by atoms with van der Waals surface area (Å²) in [6.07, 6.45) is 0. The maximum absolute atomic E-state index is 11.3. The lowest BCUT2D eigenvalue weighted by Gasteiger charge is -2.24. The highest BCUT2D eigenvalue weighted by Gasteiger charge is 2.20. The second-order valence-electron chi connectivity index (χ2n) is 4.39. The Morgan fingerprint density at radius 3 is 2.19 bits per heavy atom. The van der Waals surface area contributed by atoms with E-state index in [1.54, 1.807) is 19.2 Å². The molecule has 1 rings (SSSR count). The van der Waals surface area contributed by atoms with Gasteiger partial charge in [0.1, 0.15) is 0 Å². The van der Waals surface area contributed by atoms with E-state index in [1.807, 2.05) is 12.1 Å². The molecule has 0 unspecified atom stereocenters. The molecule has 88 valence electrons. The summed E-state index contributed by atoms with van der Waals surface area (Å²) in [5, 5.41) is 0. The molecule has 0 radical (unpaired) electrons. The highest BCUT2D eigenvalue weighted by atomic mass is 16.5. The van der Waals surface area contributed by atoms with Crippen molar-refractivity contribution >= 4 is 5.97 Å². The van der Waals surface area contributed by atoms with Crippen molar-refractivity contribution in [2.24, 2.45) is 0 Å². The van der Waals surface area contributed by atoms with E-state index in [0.717, 1.165) is 5.56 Å². The van der Waals surface area contributed by atoms with E-state index >= 15 is 0 Å². The van der Waals surface area contributed by atoms with Crippen molar-refractivity contribution in [2.75, 3.05) is 20.8 Å². The number of methoxy groups -OCH3 is 2.